The van der Waals surface area contributed by atoms with Gasteiger partial charge in [-0.05, 0) is 29.3 Å². The molecule has 0 spiro atoms. The molecule has 2 aromatic rings. The van der Waals surface area contributed by atoms with Crippen LogP contribution >= 0.6 is 0 Å². The summed E-state index contributed by atoms with van der Waals surface area (Å²) in [7, 11) is 7.30. The molecule has 7 heteroatoms. The number of ether oxygens (including phenoxy) is 5. The Hall–Kier alpha value is -3.35. The zero-order chi connectivity index (χ0) is 20.0. The van der Waals surface area contributed by atoms with Gasteiger partial charge in [0.05, 0.1) is 35.5 Å². The molecular weight excluding hydrogens is 352 g/mol. The lowest BCUT2D eigenvalue weighted by Gasteiger charge is -2.13. The van der Waals surface area contributed by atoms with Gasteiger partial charge in [-0.25, -0.2) is 4.79 Å². The summed E-state index contributed by atoms with van der Waals surface area (Å²) in [4.78, 5) is 12.0. The molecule has 2 aromatic carbocycles. The molecule has 0 saturated heterocycles. The molecule has 0 aliphatic rings. The van der Waals surface area contributed by atoms with E-state index in [2.05, 4.69) is 0 Å². The van der Waals surface area contributed by atoms with Gasteiger partial charge in [-0.2, -0.15) is 0 Å². The summed E-state index contributed by atoms with van der Waals surface area (Å²) in [5.74, 6) is 0.998. The Morgan fingerprint density at radius 2 is 1.48 bits per heavy atom. The van der Waals surface area contributed by atoms with Crippen LogP contribution in [0.5, 0.6) is 28.7 Å². The number of methoxy groups -OCH3 is 5. The first-order chi connectivity index (χ1) is 13.0. The molecule has 1 N–H and O–H groups in total. The van der Waals surface area contributed by atoms with Gasteiger partial charge in [0.1, 0.15) is 17.1 Å². The summed E-state index contributed by atoms with van der Waals surface area (Å²) in [6.07, 6.45) is 3.40. The maximum absolute atomic E-state index is 12.0. The van der Waals surface area contributed by atoms with Crippen LogP contribution in [-0.4, -0.2) is 46.6 Å². The predicted molar refractivity (Wildman–Crippen MR) is 101 cm³/mol. The van der Waals surface area contributed by atoms with Crippen LogP contribution in [0.25, 0.3) is 12.2 Å². The van der Waals surface area contributed by atoms with Gasteiger partial charge in [0.15, 0.2) is 11.5 Å². The maximum Gasteiger partial charge on any atom is 0.342 e. The molecule has 27 heavy (non-hydrogen) atoms. The highest BCUT2D eigenvalue weighted by Crippen LogP contribution is 2.39. The fourth-order valence-electron chi connectivity index (χ4n) is 2.58. The molecule has 0 aliphatic carbocycles. The zero-order valence-electron chi connectivity index (χ0n) is 15.9. The van der Waals surface area contributed by atoms with Crippen molar-refractivity contribution in [1.29, 1.82) is 0 Å². The quantitative estimate of drug-likeness (QED) is 0.587. The van der Waals surface area contributed by atoms with E-state index in [9.17, 15) is 9.90 Å². The maximum atomic E-state index is 12.0. The number of hydrogen-bond donors (Lipinski definition) is 1. The molecule has 0 atom stereocenters. The number of benzene rings is 2. The lowest BCUT2D eigenvalue weighted by Crippen LogP contribution is -2.04. The number of carbonyl (C=O) groups is 1. The number of phenols is 1. The van der Waals surface area contributed by atoms with Crippen molar-refractivity contribution in [2.45, 2.75) is 0 Å². The smallest absolute Gasteiger partial charge is 0.342 e. The normalized spacial score (nSPS) is 10.6. The van der Waals surface area contributed by atoms with Gasteiger partial charge in [-0.1, -0.05) is 12.2 Å². The molecule has 0 unspecified atom stereocenters. The Balaban J connectivity index is 2.54. The van der Waals surface area contributed by atoms with E-state index in [1.807, 2.05) is 0 Å². The fraction of sp³-hybridized carbons (Fsp3) is 0.250. The van der Waals surface area contributed by atoms with E-state index in [-0.39, 0.29) is 11.3 Å². The van der Waals surface area contributed by atoms with Gasteiger partial charge in [0, 0.05) is 6.07 Å². The summed E-state index contributed by atoms with van der Waals surface area (Å²) in [6, 6.07) is 6.49. The first kappa shape index (κ1) is 20.0. The van der Waals surface area contributed by atoms with Crippen molar-refractivity contribution in [1.82, 2.24) is 0 Å². The highest BCUT2D eigenvalue weighted by molar-refractivity contribution is 5.98. The Bertz CT molecular complexity index is 831. The second kappa shape index (κ2) is 8.84. The lowest BCUT2D eigenvalue weighted by molar-refractivity contribution is 0.0597. The third kappa shape index (κ3) is 4.25. The molecule has 0 saturated carbocycles. The SMILES string of the molecule is COC(=O)c1c(O)cc(OC)cc1C=Cc1cc(OC)c(OC)c(OC)c1. The van der Waals surface area contributed by atoms with Crippen LogP contribution in [0.4, 0.5) is 0 Å². The molecule has 144 valence electrons. The molecule has 7 nitrogen and oxygen atoms in total. The summed E-state index contributed by atoms with van der Waals surface area (Å²) < 4.78 is 25.9. The average Bonchev–Trinajstić information content (AvgIpc) is 2.70. The Labute approximate surface area is 157 Å². The van der Waals surface area contributed by atoms with E-state index in [1.54, 1.807) is 30.4 Å². The Kier molecular flexibility index (Phi) is 6.54. The number of carbonyl (C=O) groups excluding carboxylic acids is 1. The molecule has 0 fully saturated rings. The minimum atomic E-state index is -0.653. The van der Waals surface area contributed by atoms with Crippen LogP contribution in [0.3, 0.4) is 0 Å². The van der Waals surface area contributed by atoms with Crippen molar-refractivity contribution in [2.24, 2.45) is 0 Å². The number of aromatic hydroxyl groups is 1. The van der Waals surface area contributed by atoms with Gasteiger partial charge >= 0.3 is 5.97 Å². The van der Waals surface area contributed by atoms with Gasteiger partial charge in [-0.15, -0.1) is 0 Å². The van der Waals surface area contributed by atoms with Gasteiger partial charge < -0.3 is 28.8 Å². The highest BCUT2D eigenvalue weighted by Gasteiger charge is 2.18. The summed E-state index contributed by atoms with van der Waals surface area (Å²) in [5, 5.41) is 10.2. The van der Waals surface area contributed by atoms with Gasteiger partial charge in [0.25, 0.3) is 0 Å². The van der Waals surface area contributed by atoms with Crippen molar-refractivity contribution >= 4 is 18.1 Å². The lowest BCUT2D eigenvalue weighted by atomic mass is 10.0. The van der Waals surface area contributed by atoms with Crippen LogP contribution < -0.4 is 18.9 Å². The van der Waals surface area contributed by atoms with Crippen molar-refractivity contribution in [3.8, 4) is 28.7 Å². The molecule has 2 rings (SSSR count). The van der Waals surface area contributed by atoms with Crippen molar-refractivity contribution in [3.63, 3.8) is 0 Å². The van der Waals surface area contributed by atoms with Crippen LogP contribution in [-0.2, 0) is 4.74 Å². The second-order valence-electron chi connectivity index (χ2n) is 5.39. The average molecular weight is 374 g/mol. The standard InChI is InChI=1S/C20H22O7/c1-23-14-10-13(18(15(21)11-14)20(22)27-5)7-6-12-8-16(24-2)19(26-4)17(9-12)25-3/h6-11,21H,1-5H3. The molecule has 0 aromatic heterocycles. The van der Waals surface area contributed by atoms with E-state index >= 15 is 0 Å². The molecule has 0 aliphatic heterocycles. The van der Waals surface area contributed by atoms with Gasteiger partial charge in [-0.3, -0.25) is 0 Å². The van der Waals surface area contributed by atoms with E-state index in [0.717, 1.165) is 5.56 Å². The Morgan fingerprint density at radius 3 is 1.96 bits per heavy atom. The highest BCUT2D eigenvalue weighted by atomic mass is 16.5. The molecule has 0 heterocycles. The predicted octanol–water partition coefficient (Wildman–Crippen LogP) is 3.38. The van der Waals surface area contributed by atoms with E-state index in [1.165, 1.54) is 41.6 Å². The largest absolute Gasteiger partial charge is 0.507 e. The third-order valence-corrected chi connectivity index (χ3v) is 3.89. The van der Waals surface area contributed by atoms with E-state index in [4.69, 9.17) is 23.7 Å². The van der Waals surface area contributed by atoms with E-state index < -0.39 is 5.97 Å². The van der Waals surface area contributed by atoms with Crippen LogP contribution in [0.15, 0.2) is 24.3 Å². The number of rotatable bonds is 7. The minimum absolute atomic E-state index is 0.0435. The summed E-state index contributed by atoms with van der Waals surface area (Å²) in [6.45, 7) is 0. The van der Waals surface area contributed by atoms with Crippen LogP contribution in [0.2, 0.25) is 0 Å². The first-order valence-corrected chi connectivity index (χ1v) is 7.96. The molecule has 0 amide bonds. The van der Waals surface area contributed by atoms with Crippen molar-refractivity contribution in [2.75, 3.05) is 35.5 Å². The number of esters is 1. The second-order valence-corrected chi connectivity index (χ2v) is 5.39. The number of phenolic OH excluding ortho intramolecular Hbond substituents is 1. The number of hydrogen-bond acceptors (Lipinski definition) is 7. The van der Waals surface area contributed by atoms with Gasteiger partial charge in [0.2, 0.25) is 5.75 Å². The molecule has 0 bridgehead atoms. The Morgan fingerprint density at radius 1 is 0.852 bits per heavy atom. The zero-order valence-corrected chi connectivity index (χ0v) is 15.9. The van der Waals surface area contributed by atoms with Crippen LogP contribution in [0.1, 0.15) is 21.5 Å². The van der Waals surface area contributed by atoms with Crippen molar-refractivity contribution in [3.05, 3.63) is 41.0 Å². The molecular formula is C20H22O7. The fourth-order valence-corrected chi connectivity index (χ4v) is 2.58. The first-order valence-electron chi connectivity index (χ1n) is 7.96. The minimum Gasteiger partial charge on any atom is -0.507 e. The van der Waals surface area contributed by atoms with Crippen LogP contribution in [0, 0.1) is 0 Å². The topological polar surface area (TPSA) is 83.5 Å². The van der Waals surface area contributed by atoms with E-state index in [0.29, 0.717) is 28.6 Å². The summed E-state index contributed by atoms with van der Waals surface area (Å²) in [5.41, 5.74) is 1.22. The summed E-state index contributed by atoms with van der Waals surface area (Å²) >= 11 is 0. The third-order valence-electron chi connectivity index (χ3n) is 3.89. The monoisotopic (exact) mass is 374 g/mol. The molecule has 0 radical (unpaired) electrons. The van der Waals surface area contributed by atoms with Crippen molar-refractivity contribution < 1.29 is 33.6 Å².